The van der Waals surface area contributed by atoms with Gasteiger partial charge < -0.3 is 25.4 Å². The topological polar surface area (TPSA) is 126 Å². The first-order valence-corrected chi connectivity index (χ1v) is 10.9. The fourth-order valence-electron chi connectivity index (χ4n) is 4.44. The summed E-state index contributed by atoms with van der Waals surface area (Å²) in [6.45, 7) is 4.79. The van der Waals surface area contributed by atoms with Crippen LogP contribution in [-0.4, -0.2) is 61.0 Å². The Bertz CT molecular complexity index is 1000. The van der Waals surface area contributed by atoms with Gasteiger partial charge in [0.1, 0.15) is 24.0 Å². The lowest BCUT2D eigenvalue weighted by atomic mass is 9.77. The highest BCUT2D eigenvalue weighted by atomic mass is 16.5. The zero-order chi connectivity index (χ0) is 22.7. The van der Waals surface area contributed by atoms with Crippen molar-refractivity contribution in [2.24, 2.45) is 5.41 Å². The molecule has 170 valence electrons. The standard InChI is InChI=1S/C23H30N6O3/c1-15(12-31-2)32-16-3-4-18(24)17(9-16)22(25)19-10-20(28-14-27-19)29-7-5-23(6-8-29)11-21(30)26-13-23/h3-4,9-10,14-15,25H,5-8,11-13,24H2,1-2H3,(H,26,30). The van der Waals surface area contributed by atoms with Gasteiger partial charge in [-0.25, -0.2) is 9.97 Å². The van der Waals surface area contributed by atoms with Crippen molar-refractivity contribution in [2.75, 3.05) is 44.0 Å². The minimum Gasteiger partial charge on any atom is -0.488 e. The third-order valence-corrected chi connectivity index (χ3v) is 6.29. The van der Waals surface area contributed by atoms with E-state index < -0.39 is 0 Å². The van der Waals surface area contributed by atoms with Crippen LogP contribution in [0.25, 0.3) is 0 Å². The van der Waals surface area contributed by atoms with Gasteiger partial charge in [-0.05, 0) is 43.4 Å². The van der Waals surface area contributed by atoms with Crippen molar-refractivity contribution in [1.82, 2.24) is 15.3 Å². The second-order valence-electron chi connectivity index (χ2n) is 8.71. The number of anilines is 2. The molecule has 1 aromatic carbocycles. The first-order chi connectivity index (χ1) is 15.4. The molecule has 9 nitrogen and oxygen atoms in total. The number of nitrogens with two attached hydrogens (primary N) is 1. The average molecular weight is 439 g/mol. The molecule has 9 heteroatoms. The molecule has 0 bridgehead atoms. The summed E-state index contributed by atoms with van der Waals surface area (Å²) in [5, 5.41) is 11.7. The first kappa shape index (κ1) is 22.0. The Labute approximate surface area is 187 Å². The minimum atomic E-state index is -0.121. The number of nitrogens with zero attached hydrogens (tertiary/aromatic N) is 3. The predicted molar refractivity (Wildman–Crippen MR) is 122 cm³/mol. The van der Waals surface area contributed by atoms with E-state index in [9.17, 15) is 4.79 Å². The average Bonchev–Trinajstić information content (AvgIpc) is 3.15. The molecule has 1 atom stereocenters. The molecule has 1 spiro atoms. The minimum absolute atomic E-state index is 0.0744. The van der Waals surface area contributed by atoms with Crippen LogP contribution in [0.5, 0.6) is 5.75 Å². The number of aromatic nitrogens is 2. The van der Waals surface area contributed by atoms with Crippen LogP contribution in [-0.2, 0) is 9.53 Å². The summed E-state index contributed by atoms with van der Waals surface area (Å²) in [7, 11) is 1.63. The van der Waals surface area contributed by atoms with E-state index in [0.717, 1.165) is 38.3 Å². The summed E-state index contributed by atoms with van der Waals surface area (Å²) in [5.74, 6) is 1.56. The van der Waals surface area contributed by atoms with Crippen molar-refractivity contribution in [3.05, 3.63) is 41.9 Å². The van der Waals surface area contributed by atoms with Crippen LogP contribution in [0.3, 0.4) is 0 Å². The summed E-state index contributed by atoms with van der Waals surface area (Å²) in [4.78, 5) is 22.6. The van der Waals surface area contributed by atoms with E-state index in [1.54, 1.807) is 25.3 Å². The van der Waals surface area contributed by atoms with Crippen molar-refractivity contribution in [3.8, 4) is 5.75 Å². The number of hydrogen-bond donors (Lipinski definition) is 3. The normalized spacial score (nSPS) is 18.4. The van der Waals surface area contributed by atoms with Crippen LogP contribution in [0.4, 0.5) is 11.5 Å². The number of rotatable bonds is 7. The molecule has 2 saturated heterocycles. The molecule has 1 unspecified atom stereocenters. The number of carbonyl (C=O) groups excluding carboxylic acids is 1. The van der Waals surface area contributed by atoms with Crippen LogP contribution in [0.1, 0.15) is 37.4 Å². The van der Waals surface area contributed by atoms with Crippen molar-refractivity contribution in [3.63, 3.8) is 0 Å². The second-order valence-corrected chi connectivity index (χ2v) is 8.71. The lowest BCUT2D eigenvalue weighted by Crippen LogP contribution is -2.41. The SMILES string of the molecule is COCC(C)Oc1ccc(N)c(C(=N)c2cc(N3CCC4(CC3)CNC(=O)C4)ncn2)c1. The number of ether oxygens (including phenoxy) is 2. The summed E-state index contributed by atoms with van der Waals surface area (Å²) in [5.41, 5.74) is 8.01. The van der Waals surface area contributed by atoms with Crippen LogP contribution < -0.4 is 20.7 Å². The van der Waals surface area contributed by atoms with Gasteiger partial charge in [-0.2, -0.15) is 0 Å². The van der Waals surface area contributed by atoms with E-state index in [0.29, 0.717) is 35.7 Å². The number of carbonyl (C=O) groups is 1. The highest BCUT2D eigenvalue weighted by molar-refractivity contribution is 6.13. The third-order valence-electron chi connectivity index (χ3n) is 6.29. The Hall–Kier alpha value is -3.20. The highest BCUT2D eigenvalue weighted by Gasteiger charge is 2.41. The van der Waals surface area contributed by atoms with E-state index in [2.05, 4.69) is 20.2 Å². The molecule has 4 rings (SSSR count). The van der Waals surface area contributed by atoms with E-state index >= 15 is 0 Å². The fraction of sp³-hybridized carbons (Fsp3) is 0.478. The molecule has 2 aromatic rings. The van der Waals surface area contributed by atoms with Crippen LogP contribution in [0, 0.1) is 10.8 Å². The number of hydrogen-bond acceptors (Lipinski definition) is 8. The Morgan fingerprint density at radius 3 is 2.78 bits per heavy atom. The summed E-state index contributed by atoms with van der Waals surface area (Å²) in [6, 6.07) is 7.12. The van der Waals surface area contributed by atoms with Gasteiger partial charge in [-0.15, -0.1) is 0 Å². The number of nitrogen functional groups attached to an aromatic ring is 1. The van der Waals surface area contributed by atoms with Gasteiger partial charge in [0, 0.05) is 50.5 Å². The van der Waals surface area contributed by atoms with E-state index in [1.165, 1.54) is 6.33 Å². The van der Waals surface area contributed by atoms with Crippen molar-refractivity contribution < 1.29 is 14.3 Å². The summed E-state index contributed by atoms with van der Waals surface area (Å²) in [6.07, 6.45) is 3.86. The molecular weight excluding hydrogens is 408 g/mol. The van der Waals surface area contributed by atoms with Gasteiger partial charge >= 0.3 is 0 Å². The molecule has 32 heavy (non-hydrogen) atoms. The Kier molecular flexibility index (Phi) is 6.27. The molecule has 1 aromatic heterocycles. The third kappa shape index (κ3) is 4.67. The maximum Gasteiger partial charge on any atom is 0.220 e. The summed E-state index contributed by atoms with van der Waals surface area (Å²) >= 11 is 0. The maximum absolute atomic E-state index is 11.7. The van der Waals surface area contributed by atoms with Gasteiger partial charge in [-0.3, -0.25) is 10.2 Å². The Morgan fingerprint density at radius 1 is 1.31 bits per heavy atom. The van der Waals surface area contributed by atoms with Crippen LogP contribution in [0.2, 0.25) is 0 Å². The monoisotopic (exact) mass is 438 g/mol. The number of benzene rings is 1. The van der Waals surface area contributed by atoms with Gasteiger partial charge in [0.25, 0.3) is 0 Å². The molecular formula is C23H30N6O3. The molecule has 4 N–H and O–H groups in total. The van der Waals surface area contributed by atoms with Gasteiger partial charge in [0.15, 0.2) is 0 Å². The fourth-order valence-corrected chi connectivity index (χ4v) is 4.44. The largest absolute Gasteiger partial charge is 0.488 e. The summed E-state index contributed by atoms with van der Waals surface area (Å²) < 4.78 is 11.0. The van der Waals surface area contributed by atoms with Crippen molar-refractivity contribution >= 4 is 23.1 Å². The second kappa shape index (κ2) is 9.12. The van der Waals surface area contributed by atoms with E-state index in [4.69, 9.17) is 20.6 Å². The first-order valence-electron chi connectivity index (χ1n) is 10.9. The molecule has 3 heterocycles. The van der Waals surface area contributed by atoms with Crippen molar-refractivity contribution in [1.29, 1.82) is 5.41 Å². The molecule has 0 radical (unpaired) electrons. The molecule has 0 saturated carbocycles. The quantitative estimate of drug-likeness (QED) is 0.446. The van der Waals surface area contributed by atoms with Crippen molar-refractivity contribution in [2.45, 2.75) is 32.3 Å². The maximum atomic E-state index is 11.7. The Morgan fingerprint density at radius 2 is 2.09 bits per heavy atom. The zero-order valence-electron chi connectivity index (χ0n) is 18.6. The van der Waals surface area contributed by atoms with E-state index in [-0.39, 0.29) is 23.1 Å². The number of piperidine rings is 1. The molecule has 1 amide bonds. The van der Waals surface area contributed by atoms with Gasteiger partial charge in [-0.1, -0.05) is 0 Å². The van der Waals surface area contributed by atoms with Crippen LogP contribution in [0.15, 0.2) is 30.6 Å². The Balaban J connectivity index is 1.49. The number of amides is 1. The smallest absolute Gasteiger partial charge is 0.220 e. The lowest BCUT2D eigenvalue weighted by molar-refractivity contribution is -0.119. The van der Waals surface area contributed by atoms with E-state index in [1.807, 2.05) is 13.0 Å². The molecule has 0 aliphatic carbocycles. The highest BCUT2D eigenvalue weighted by Crippen LogP contribution is 2.38. The van der Waals surface area contributed by atoms with Gasteiger partial charge in [0.05, 0.1) is 18.0 Å². The lowest BCUT2D eigenvalue weighted by Gasteiger charge is -2.38. The van der Waals surface area contributed by atoms with Gasteiger partial charge in [0.2, 0.25) is 5.91 Å². The molecule has 2 fully saturated rings. The molecule has 2 aliphatic heterocycles. The number of nitrogens with one attached hydrogen (secondary N) is 2. The molecule has 2 aliphatic rings. The van der Waals surface area contributed by atoms with Crippen LogP contribution >= 0.6 is 0 Å². The zero-order valence-corrected chi connectivity index (χ0v) is 18.6. The number of methoxy groups -OCH3 is 1. The predicted octanol–water partition coefficient (Wildman–Crippen LogP) is 2.00.